The summed E-state index contributed by atoms with van der Waals surface area (Å²) in [6.45, 7) is 3.97. The number of non-ortho nitro benzene ring substituents is 1. The van der Waals surface area contributed by atoms with E-state index in [4.69, 9.17) is 0 Å². The third-order valence-electron chi connectivity index (χ3n) is 3.19. The van der Waals surface area contributed by atoms with Crippen LogP contribution in [0.2, 0.25) is 0 Å². The maximum atomic E-state index is 12.2. The summed E-state index contributed by atoms with van der Waals surface area (Å²) in [5.41, 5.74) is 1.23. The highest BCUT2D eigenvalue weighted by Gasteiger charge is 2.16. The molecule has 1 aromatic heterocycles. The number of amides is 1. The molecule has 1 heterocycles. The van der Waals surface area contributed by atoms with Gasteiger partial charge in [-0.25, -0.2) is 0 Å². The Balaban J connectivity index is 2.03. The van der Waals surface area contributed by atoms with Gasteiger partial charge in [-0.15, -0.1) is 0 Å². The lowest BCUT2D eigenvalue weighted by atomic mass is 10.1. The first kappa shape index (κ1) is 16.2. The zero-order chi connectivity index (χ0) is 16.3. The first-order valence-electron chi connectivity index (χ1n) is 6.60. The van der Waals surface area contributed by atoms with Crippen molar-refractivity contribution in [3.8, 4) is 0 Å². The zero-order valence-electron chi connectivity index (χ0n) is 12.1. The Kier molecular flexibility index (Phi) is 4.92. The molecule has 2 rings (SSSR count). The molecule has 0 radical (unpaired) electrons. The molecule has 0 spiro atoms. The Labute approximate surface area is 135 Å². The number of benzene rings is 1. The van der Waals surface area contributed by atoms with E-state index in [1.54, 1.807) is 37.0 Å². The standard InChI is InChI=1S/C14H15BrN4O3/c1-9-5-12(19(21)22)3-4-13(9)17-14(20)10(2)7-18-8-11(15)6-16-18/h3-6,8,10H,7H2,1-2H3,(H,17,20). The molecule has 22 heavy (non-hydrogen) atoms. The lowest BCUT2D eigenvalue weighted by Crippen LogP contribution is -2.25. The van der Waals surface area contributed by atoms with Crippen LogP contribution in [0.15, 0.2) is 35.1 Å². The lowest BCUT2D eigenvalue weighted by Gasteiger charge is -2.13. The molecule has 0 saturated carbocycles. The van der Waals surface area contributed by atoms with Gasteiger partial charge in [0.05, 0.1) is 28.1 Å². The average Bonchev–Trinajstić information content (AvgIpc) is 2.85. The van der Waals surface area contributed by atoms with Gasteiger partial charge in [-0.3, -0.25) is 19.6 Å². The maximum Gasteiger partial charge on any atom is 0.269 e. The number of nitrogens with zero attached hydrogens (tertiary/aromatic N) is 3. The molecule has 0 bridgehead atoms. The van der Waals surface area contributed by atoms with E-state index >= 15 is 0 Å². The lowest BCUT2D eigenvalue weighted by molar-refractivity contribution is -0.384. The number of rotatable bonds is 5. The van der Waals surface area contributed by atoms with Crippen LogP contribution in [0.25, 0.3) is 0 Å². The fraction of sp³-hybridized carbons (Fsp3) is 0.286. The first-order valence-corrected chi connectivity index (χ1v) is 7.40. The summed E-state index contributed by atoms with van der Waals surface area (Å²) < 4.78 is 2.53. The van der Waals surface area contributed by atoms with Gasteiger partial charge in [0.25, 0.3) is 5.69 Å². The molecule has 1 unspecified atom stereocenters. The molecular formula is C14H15BrN4O3. The van der Waals surface area contributed by atoms with Crippen LogP contribution in [0.1, 0.15) is 12.5 Å². The third kappa shape index (κ3) is 3.91. The van der Waals surface area contributed by atoms with E-state index in [9.17, 15) is 14.9 Å². The predicted octanol–water partition coefficient (Wildman–Crippen LogP) is 3.14. The molecule has 2 aromatic rings. The third-order valence-corrected chi connectivity index (χ3v) is 3.60. The predicted molar refractivity (Wildman–Crippen MR) is 85.6 cm³/mol. The van der Waals surface area contributed by atoms with Crippen molar-refractivity contribution in [1.82, 2.24) is 9.78 Å². The Hall–Kier alpha value is -2.22. The Morgan fingerprint density at radius 1 is 1.55 bits per heavy atom. The van der Waals surface area contributed by atoms with Gasteiger partial charge in [0.1, 0.15) is 0 Å². The fourth-order valence-corrected chi connectivity index (χ4v) is 2.29. The summed E-state index contributed by atoms with van der Waals surface area (Å²) in [6, 6.07) is 4.35. The molecule has 0 fully saturated rings. The van der Waals surface area contributed by atoms with Crippen LogP contribution >= 0.6 is 15.9 Å². The van der Waals surface area contributed by atoms with Crippen LogP contribution in [0.4, 0.5) is 11.4 Å². The van der Waals surface area contributed by atoms with E-state index in [0.717, 1.165) is 4.47 Å². The fourth-order valence-electron chi connectivity index (χ4n) is 1.96. The number of halogens is 1. The summed E-state index contributed by atoms with van der Waals surface area (Å²) in [6.07, 6.45) is 3.45. The van der Waals surface area contributed by atoms with Crippen molar-refractivity contribution in [1.29, 1.82) is 0 Å². The molecule has 7 nitrogen and oxygen atoms in total. The van der Waals surface area contributed by atoms with Crippen molar-refractivity contribution in [3.63, 3.8) is 0 Å². The molecule has 8 heteroatoms. The molecule has 1 N–H and O–H groups in total. The molecule has 1 amide bonds. The van der Waals surface area contributed by atoms with Crippen LogP contribution < -0.4 is 5.32 Å². The van der Waals surface area contributed by atoms with E-state index < -0.39 is 4.92 Å². The van der Waals surface area contributed by atoms with Crippen LogP contribution in [-0.2, 0) is 11.3 Å². The number of carbonyl (C=O) groups is 1. The number of hydrogen-bond acceptors (Lipinski definition) is 4. The van der Waals surface area contributed by atoms with Crippen molar-refractivity contribution in [2.24, 2.45) is 5.92 Å². The van der Waals surface area contributed by atoms with Crippen molar-refractivity contribution >= 4 is 33.2 Å². The minimum Gasteiger partial charge on any atom is -0.326 e. The van der Waals surface area contributed by atoms with Gasteiger partial charge in [0.2, 0.25) is 5.91 Å². The monoisotopic (exact) mass is 366 g/mol. The van der Waals surface area contributed by atoms with Crippen molar-refractivity contribution in [3.05, 3.63) is 50.7 Å². The molecule has 0 aliphatic rings. The molecule has 116 valence electrons. The van der Waals surface area contributed by atoms with Crippen LogP contribution in [0.5, 0.6) is 0 Å². The van der Waals surface area contributed by atoms with Crippen LogP contribution in [0, 0.1) is 23.0 Å². The van der Waals surface area contributed by atoms with E-state index in [2.05, 4.69) is 26.3 Å². The number of nitro benzene ring substituents is 1. The topological polar surface area (TPSA) is 90.1 Å². The van der Waals surface area contributed by atoms with Crippen LogP contribution in [-0.4, -0.2) is 20.6 Å². The normalized spacial score (nSPS) is 12.0. The second-order valence-electron chi connectivity index (χ2n) is 5.03. The summed E-state index contributed by atoms with van der Waals surface area (Å²) >= 11 is 3.30. The largest absolute Gasteiger partial charge is 0.326 e. The summed E-state index contributed by atoms with van der Waals surface area (Å²) in [7, 11) is 0. The molecule has 0 saturated heterocycles. The minimum absolute atomic E-state index is 0.00457. The summed E-state index contributed by atoms with van der Waals surface area (Å²) in [5.74, 6) is -0.454. The van der Waals surface area contributed by atoms with E-state index in [-0.39, 0.29) is 17.5 Å². The van der Waals surface area contributed by atoms with Gasteiger partial charge in [-0.1, -0.05) is 6.92 Å². The Bertz CT molecular complexity index is 714. The number of aryl methyl sites for hydroxylation is 1. The average molecular weight is 367 g/mol. The highest BCUT2D eigenvalue weighted by Crippen LogP contribution is 2.22. The number of hydrogen-bond donors (Lipinski definition) is 1. The molecule has 0 aliphatic heterocycles. The number of nitro groups is 1. The molecule has 1 aromatic carbocycles. The quantitative estimate of drug-likeness (QED) is 0.649. The van der Waals surface area contributed by atoms with Crippen molar-refractivity contribution in [2.45, 2.75) is 20.4 Å². The van der Waals surface area contributed by atoms with E-state index in [1.165, 1.54) is 12.1 Å². The van der Waals surface area contributed by atoms with Crippen LogP contribution in [0.3, 0.4) is 0 Å². The summed E-state index contributed by atoms with van der Waals surface area (Å²) in [4.78, 5) is 22.4. The summed E-state index contributed by atoms with van der Waals surface area (Å²) in [5, 5.41) is 17.6. The number of anilines is 1. The Morgan fingerprint density at radius 3 is 2.82 bits per heavy atom. The van der Waals surface area contributed by atoms with Gasteiger partial charge < -0.3 is 5.32 Å². The van der Waals surface area contributed by atoms with Crippen molar-refractivity contribution in [2.75, 3.05) is 5.32 Å². The van der Waals surface area contributed by atoms with Crippen molar-refractivity contribution < 1.29 is 9.72 Å². The highest BCUT2D eigenvalue weighted by atomic mass is 79.9. The molecular weight excluding hydrogens is 352 g/mol. The maximum absolute atomic E-state index is 12.2. The second-order valence-corrected chi connectivity index (χ2v) is 5.94. The van der Waals surface area contributed by atoms with Gasteiger partial charge in [0, 0.05) is 24.0 Å². The molecule has 0 aliphatic carbocycles. The number of nitrogens with one attached hydrogen (secondary N) is 1. The number of aromatic nitrogens is 2. The van der Waals surface area contributed by atoms with Gasteiger partial charge in [-0.05, 0) is 34.5 Å². The second kappa shape index (κ2) is 6.69. The Morgan fingerprint density at radius 2 is 2.27 bits per heavy atom. The van der Waals surface area contributed by atoms with Gasteiger partial charge in [-0.2, -0.15) is 5.10 Å². The number of carbonyl (C=O) groups excluding carboxylic acids is 1. The highest BCUT2D eigenvalue weighted by molar-refractivity contribution is 9.10. The van der Waals surface area contributed by atoms with Gasteiger partial charge in [0.15, 0.2) is 0 Å². The smallest absolute Gasteiger partial charge is 0.269 e. The van der Waals surface area contributed by atoms with E-state index in [0.29, 0.717) is 17.8 Å². The minimum atomic E-state index is -0.462. The zero-order valence-corrected chi connectivity index (χ0v) is 13.7. The van der Waals surface area contributed by atoms with Gasteiger partial charge >= 0.3 is 0 Å². The molecule has 1 atom stereocenters. The SMILES string of the molecule is Cc1cc([N+](=O)[O-])ccc1NC(=O)C(C)Cn1cc(Br)cn1. The first-order chi connectivity index (χ1) is 10.4. The van der Waals surface area contributed by atoms with E-state index in [1.807, 2.05) is 0 Å².